The van der Waals surface area contributed by atoms with Crippen molar-refractivity contribution < 1.29 is 14.3 Å². The van der Waals surface area contributed by atoms with E-state index in [9.17, 15) is 9.59 Å². The van der Waals surface area contributed by atoms with Gasteiger partial charge in [0, 0.05) is 18.8 Å². The van der Waals surface area contributed by atoms with Gasteiger partial charge in [0.1, 0.15) is 11.9 Å². The Kier molecular flexibility index (Phi) is 2.76. The third-order valence-electron chi connectivity index (χ3n) is 5.40. The van der Waals surface area contributed by atoms with Crippen LogP contribution in [0.1, 0.15) is 52.4 Å². The van der Waals surface area contributed by atoms with Crippen LogP contribution < -0.4 is 0 Å². The van der Waals surface area contributed by atoms with Crippen LogP contribution in [-0.2, 0) is 14.3 Å². The van der Waals surface area contributed by atoms with E-state index in [1.54, 1.807) is 0 Å². The van der Waals surface area contributed by atoms with Gasteiger partial charge in [-0.15, -0.1) is 0 Å². The highest BCUT2D eigenvalue weighted by Crippen LogP contribution is 2.61. The third kappa shape index (κ3) is 1.70. The summed E-state index contributed by atoms with van der Waals surface area (Å²) in [5.74, 6) is 1.86. The number of hydrogen-bond donors (Lipinski definition) is 0. The first kappa shape index (κ1) is 12.2. The average Bonchev–Trinajstić information content (AvgIpc) is 2.31. The van der Waals surface area contributed by atoms with E-state index in [0.717, 1.165) is 32.1 Å². The lowest BCUT2D eigenvalue weighted by atomic mass is 9.47. The molecular formula is C15H22O3. The van der Waals surface area contributed by atoms with Crippen molar-refractivity contribution >= 4 is 11.8 Å². The van der Waals surface area contributed by atoms with Crippen LogP contribution in [0.25, 0.3) is 0 Å². The summed E-state index contributed by atoms with van der Waals surface area (Å²) in [6.07, 6.45) is 6.09. The Hall–Kier alpha value is -0.860. The zero-order valence-corrected chi connectivity index (χ0v) is 11.3. The predicted octanol–water partition coefficient (Wildman–Crippen LogP) is 2.72. The van der Waals surface area contributed by atoms with Crippen LogP contribution in [0, 0.1) is 23.2 Å². The van der Waals surface area contributed by atoms with Gasteiger partial charge in [-0.25, -0.2) is 0 Å². The number of esters is 1. The zero-order chi connectivity index (χ0) is 12.9. The first-order chi connectivity index (χ1) is 8.54. The maximum Gasteiger partial charge on any atom is 0.302 e. The lowest BCUT2D eigenvalue weighted by Crippen LogP contribution is -2.57. The topological polar surface area (TPSA) is 43.4 Å². The molecule has 0 aliphatic heterocycles. The van der Waals surface area contributed by atoms with Crippen LogP contribution in [-0.4, -0.2) is 17.9 Å². The van der Waals surface area contributed by atoms with Crippen molar-refractivity contribution in [1.29, 1.82) is 0 Å². The van der Waals surface area contributed by atoms with Crippen LogP contribution in [0.15, 0.2) is 0 Å². The Balaban J connectivity index is 1.84. The van der Waals surface area contributed by atoms with E-state index >= 15 is 0 Å². The number of carbonyl (C=O) groups excluding carboxylic acids is 2. The summed E-state index contributed by atoms with van der Waals surface area (Å²) >= 11 is 0. The van der Waals surface area contributed by atoms with Gasteiger partial charge in [0.25, 0.3) is 0 Å². The molecule has 0 aromatic carbocycles. The van der Waals surface area contributed by atoms with Gasteiger partial charge in [0.2, 0.25) is 0 Å². The van der Waals surface area contributed by atoms with E-state index in [1.807, 2.05) is 6.92 Å². The first-order valence-corrected chi connectivity index (χ1v) is 7.24. The van der Waals surface area contributed by atoms with E-state index in [4.69, 9.17) is 4.74 Å². The highest BCUT2D eigenvalue weighted by molar-refractivity contribution is 5.85. The van der Waals surface area contributed by atoms with Gasteiger partial charge in [-0.1, -0.05) is 6.92 Å². The lowest BCUT2D eigenvalue weighted by molar-refractivity contribution is -0.182. The molecule has 100 valence electrons. The molecule has 2 atom stereocenters. The molecule has 4 bridgehead atoms. The molecule has 4 saturated carbocycles. The highest BCUT2D eigenvalue weighted by atomic mass is 16.5. The molecule has 4 aliphatic carbocycles. The van der Waals surface area contributed by atoms with E-state index in [-0.39, 0.29) is 17.5 Å². The van der Waals surface area contributed by atoms with Crippen molar-refractivity contribution in [2.45, 2.75) is 58.5 Å². The quantitative estimate of drug-likeness (QED) is 0.723. The van der Waals surface area contributed by atoms with E-state index in [2.05, 4.69) is 0 Å². The smallest absolute Gasteiger partial charge is 0.302 e. The van der Waals surface area contributed by atoms with Crippen molar-refractivity contribution in [3.63, 3.8) is 0 Å². The number of ether oxygens (including phenoxy) is 1. The summed E-state index contributed by atoms with van der Waals surface area (Å²) < 4.78 is 5.54. The largest absolute Gasteiger partial charge is 0.462 e. The summed E-state index contributed by atoms with van der Waals surface area (Å²) in [6.45, 7) is 3.47. The summed E-state index contributed by atoms with van der Waals surface area (Å²) in [5, 5.41) is 0. The van der Waals surface area contributed by atoms with Gasteiger partial charge >= 0.3 is 5.97 Å². The second kappa shape index (κ2) is 4.07. The minimum atomic E-state index is -0.164. The van der Waals surface area contributed by atoms with Gasteiger partial charge in [-0.2, -0.15) is 0 Å². The Bertz CT molecular complexity index is 371. The molecule has 0 heterocycles. The van der Waals surface area contributed by atoms with Crippen LogP contribution in [0.3, 0.4) is 0 Å². The second-order valence-corrected chi connectivity index (χ2v) is 6.60. The first-order valence-electron chi connectivity index (χ1n) is 7.24. The highest BCUT2D eigenvalue weighted by Gasteiger charge is 2.58. The number of carbonyl (C=O) groups is 2. The van der Waals surface area contributed by atoms with Gasteiger partial charge in [-0.05, 0) is 49.9 Å². The molecule has 0 saturated heterocycles. The Morgan fingerprint density at radius 2 is 1.78 bits per heavy atom. The maximum absolute atomic E-state index is 12.3. The Labute approximate surface area is 108 Å². The van der Waals surface area contributed by atoms with Crippen LogP contribution in [0.2, 0.25) is 0 Å². The zero-order valence-electron chi connectivity index (χ0n) is 11.3. The fourth-order valence-electron chi connectivity index (χ4n) is 5.08. The van der Waals surface area contributed by atoms with E-state index in [0.29, 0.717) is 30.0 Å². The fourth-order valence-corrected chi connectivity index (χ4v) is 5.08. The monoisotopic (exact) mass is 250 g/mol. The van der Waals surface area contributed by atoms with Gasteiger partial charge in [0.15, 0.2) is 0 Å². The number of Topliss-reactive ketones (excluding diaryl/α,β-unsaturated/α-hetero) is 1. The van der Waals surface area contributed by atoms with Crippen LogP contribution >= 0.6 is 0 Å². The minimum absolute atomic E-state index is 0.0537. The normalized spacial score (nSPS) is 45.0. The number of rotatable bonds is 3. The SMILES string of the molecule is CCC(=O)C12CC3CC(C1)C(OC(C)=O)C(C3)C2. The molecule has 4 rings (SSSR count). The van der Waals surface area contributed by atoms with Crippen molar-refractivity contribution in [3.05, 3.63) is 0 Å². The Morgan fingerprint density at radius 1 is 1.17 bits per heavy atom. The molecule has 3 nitrogen and oxygen atoms in total. The molecule has 0 amide bonds. The van der Waals surface area contributed by atoms with Gasteiger partial charge in [-0.3, -0.25) is 9.59 Å². The van der Waals surface area contributed by atoms with Crippen LogP contribution in [0.4, 0.5) is 0 Å². The Morgan fingerprint density at radius 3 is 2.28 bits per heavy atom. The molecule has 0 spiro atoms. The molecule has 0 N–H and O–H groups in total. The van der Waals surface area contributed by atoms with E-state index in [1.165, 1.54) is 6.92 Å². The van der Waals surface area contributed by atoms with Crippen LogP contribution in [0.5, 0.6) is 0 Å². The summed E-state index contributed by atoms with van der Waals surface area (Å²) in [5.41, 5.74) is -0.0537. The molecule has 4 aliphatic rings. The summed E-state index contributed by atoms with van der Waals surface area (Å²) in [7, 11) is 0. The molecule has 3 heteroatoms. The van der Waals surface area contributed by atoms with Crippen molar-refractivity contribution in [1.82, 2.24) is 0 Å². The molecule has 18 heavy (non-hydrogen) atoms. The summed E-state index contributed by atoms with van der Waals surface area (Å²) in [4.78, 5) is 23.5. The average molecular weight is 250 g/mol. The molecule has 0 radical (unpaired) electrons. The van der Waals surface area contributed by atoms with Gasteiger partial charge in [0.05, 0.1) is 0 Å². The molecular weight excluding hydrogens is 228 g/mol. The van der Waals surface area contributed by atoms with Crippen molar-refractivity contribution in [2.75, 3.05) is 0 Å². The molecule has 4 fully saturated rings. The molecule has 0 aromatic rings. The predicted molar refractivity (Wildman–Crippen MR) is 66.8 cm³/mol. The number of ketones is 1. The minimum Gasteiger partial charge on any atom is -0.462 e. The van der Waals surface area contributed by atoms with Gasteiger partial charge < -0.3 is 4.74 Å². The van der Waals surface area contributed by atoms with Crippen molar-refractivity contribution in [3.8, 4) is 0 Å². The lowest BCUT2D eigenvalue weighted by Gasteiger charge is -2.58. The maximum atomic E-state index is 12.3. The van der Waals surface area contributed by atoms with Crippen molar-refractivity contribution in [2.24, 2.45) is 23.2 Å². The molecule has 2 unspecified atom stereocenters. The third-order valence-corrected chi connectivity index (χ3v) is 5.40. The summed E-state index contributed by atoms with van der Waals surface area (Å²) in [6, 6.07) is 0. The van der Waals surface area contributed by atoms with E-state index < -0.39 is 0 Å². The second-order valence-electron chi connectivity index (χ2n) is 6.60. The standard InChI is InChI=1S/C15H22O3/c1-3-13(17)15-6-10-4-11(7-15)14(18-9(2)16)12(5-10)8-15/h10-12,14H,3-8H2,1-2H3. The number of hydrogen-bond acceptors (Lipinski definition) is 3. The fraction of sp³-hybridized carbons (Fsp3) is 0.867. The molecule has 0 aromatic heterocycles.